The summed E-state index contributed by atoms with van der Waals surface area (Å²) < 4.78 is 7.23. The van der Waals surface area contributed by atoms with Gasteiger partial charge in [0.2, 0.25) is 0 Å². The Morgan fingerprint density at radius 1 is 1.11 bits per heavy atom. The summed E-state index contributed by atoms with van der Waals surface area (Å²) in [7, 11) is 3.66. The van der Waals surface area contributed by atoms with Gasteiger partial charge >= 0.3 is 0 Å². The highest BCUT2D eigenvalue weighted by molar-refractivity contribution is 5.83. The second-order valence-corrected chi connectivity index (χ2v) is 4.47. The van der Waals surface area contributed by atoms with Gasteiger partial charge in [-0.2, -0.15) is 0 Å². The van der Waals surface area contributed by atoms with E-state index in [4.69, 9.17) is 10.5 Å². The van der Waals surface area contributed by atoms with E-state index in [-0.39, 0.29) is 0 Å². The lowest BCUT2D eigenvalue weighted by Crippen LogP contribution is -1.92. The van der Waals surface area contributed by atoms with Crippen LogP contribution < -0.4 is 10.5 Å². The maximum absolute atomic E-state index is 5.79. The van der Waals surface area contributed by atoms with Crippen LogP contribution in [0.1, 0.15) is 0 Å². The number of ether oxygens (including phenoxy) is 1. The second kappa shape index (κ2) is 4.31. The lowest BCUT2D eigenvalue weighted by Gasteiger charge is -2.04. The smallest absolute Gasteiger partial charge is 0.140 e. The van der Waals surface area contributed by atoms with Crippen molar-refractivity contribution < 1.29 is 4.74 Å². The molecule has 0 saturated carbocycles. The molecule has 96 valence electrons. The fourth-order valence-electron chi connectivity index (χ4n) is 2.22. The highest BCUT2D eigenvalue weighted by atomic mass is 16.5. The van der Waals surface area contributed by atoms with Crippen molar-refractivity contribution in [3.8, 4) is 17.1 Å². The molecule has 2 N–H and O–H groups in total. The van der Waals surface area contributed by atoms with Gasteiger partial charge < -0.3 is 15.0 Å². The van der Waals surface area contributed by atoms with E-state index in [1.165, 1.54) is 0 Å². The van der Waals surface area contributed by atoms with E-state index in [1.807, 2.05) is 49.5 Å². The molecular formula is C15H15N3O. The summed E-state index contributed by atoms with van der Waals surface area (Å²) in [4.78, 5) is 4.64. The molecule has 0 radical (unpaired) electrons. The predicted molar refractivity (Wildman–Crippen MR) is 77.1 cm³/mol. The maximum Gasteiger partial charge on any atom is 0.140 e. The molecule has 4 nitrogen and oxygen atoms in total. The minimum atomic E-state index is 0.729. The number of methoxy groups -OCH3 is 1. The van der Waals surface area contributed by atoms with Crippen LogP contribution in [0.25, 0.3) is 22.4 Å². The van der Waals surface area contributed by atoms with Crippen LogP contribution in [0, 0.1) is 0 Å². The summed E-state index contributed by atoms with van der Waals surface area (Å²) in [5.41, 5.74) is 9.56. The largest absolute Gasteiger partial charge is 0.497 e. The Morgan fingerprint density at radius 2 is 1.84 bits per heavy atom. The van der Waals surface area contributed by atoms with Crippen LogP contribution in [-0.2, 0) is 7.05 Å². The first-order valence-electron chi connectivity index (χ1n) is 6.05. The molecule has 0 aliphatic heterocycles. The van der Waals surface area contributed by atoms with Crippen LogP contribution in [0.15, 0.2) is 42.5 Å². The molecule has 0 atom stereocenters. The molecule has 0 fully saturated rings. The van der Waals surface area contributed by atoms with Crippen LogP contribution in [-0.4, -0.2) is 16.7 Å². The molecule has 3 rings (SSSR count). The summed E-state index contributed by atoms with van der Waals surface area (Å²) in [5, 5.41) is 0. The van der Waals surface area contributed by atoms with E-state index in [0.717, 1.165) is 33.9 Å². The lowest BCUT2D eigenvalue weighted by molar-refractivity contribution is 0.415. The Morgan fingerprint density at radius 3 is 2.53 bits per heavy atom. The Hall–Kier alpha value is -2.49. The molecule has 0 bridgehead atoms. The van der Waals surface area contributed by atoms with Crippen molar-refractivity contribution in [1.29, 1.82) is 0 Å². The van der Waals surface area contributed by atoms with Gasteiger partial charge in [0.25, 0.3) is 0 Å². The van der Waals surface area contributed by atoms with Gasteiger partial charge in [-0.3, -0.25) is 0 Å². The van der Waals surface area contributed by atoms with Crippen molar-refractivity contribution >= 4 is 16.7 Å². The zero-order chi connectivity index (χ0) is 13.4. The summed E-state index contributed by atoms with van der Waals surface area (Å²) in [6, 6.07) is 13.6. The minimum absolute atomic E-state index is 0.729. The van der Waals surface area contributed by atoms with Crippen molar-refractivity contribution in [2.45, 2.75) is 0 Å². The molecule has 0 aliphatic rings. The van der Waals surface area contributed by atoms with Crippen molar-refractivity contribution in [2.24, 2.45) is 7.05 Å². The third-order valence-electron chi connectivity index (χ3n) is 3.25. The Bertz CT molecular complexity index is 729. The minimum Gasteiger partial charge on any atom is -0.497 e. The summed E-state index contributed by atoms with van der Waals surface area (Å²) >= 11 is 0. The third-order valence-corrected chi connectivity index (χ3v) is 3.25. The van der Waals surface area contributed by atoms with Crippen LogP contribution in [0.2, 0.25) is 0 Å². The van der Waals surface area contributed by atoms with Gasteiger partial charge in [-0.05, 0) is 42.5 Å². The van der Waals surface area contributed by atoms with E-state index in [1.54, 1.807) is 7.11 Å². The molecular weight excluding hydrogens is 238 g/mol. The normalized spacial score (nSPS) is 10.8. The average Bonchev–Trinajstić information content (AvgIpc) is 2.75. The number of fused-ring (bicyclic) bond motifs is 1. The number of nitrogen functional groups attached to an aromatic ring is 1. The number of imidazole rings is 1. The molecule has 1 heterocycles. The molecule has 0 saturated heterocycles. The topological polar surface area (TPSA) is 53.1 Å². The molecule has 1 aromatic heterocycles. The summed E-state index contributed by atoms with van der Waals surface area (Å²) in [6.07, 6.45) is 0. The van der Waals surface area contributed by atoms with Gasteiger partial charge in [-0.1, -0.05) is 0 Å². The first-order chi connectivity index (χ1) is 9.19. The number of aryl methyl sites for hydroxylation is 1. The molecule has 0 amide bonds. The van der Waals surface area contributed by atoms with Crippen molar-refractivity contribution in [3.05, 3.63) is 42.5 Å². The average molecular weight is 253 g/mol. The van der Waals surface area contributed by atoms with E-state index >= 15 is 0 Å². The summed E-state index contributed by atoms with van der Waals surface area (Å²) in [5.74, 6) is 1.76. The van der Waals surface area contributed by atoms with E-state index in [0.29, 0.717) is 0 Å². The van der Waals surface area contributed by atoms with Gasteiger partial charge in [-0.25, -0.2) is 4.98 Å². The molecule has 2 aromatic carbocycles. The van der Waals surface area contributed by atoms with E-state index < -0.39 is 0 Å². The Balaban J connectivity index is 2.15. The lowest BCUT2D eigenvalue weighted by atomic mass is 10.2. The van der Waals surface area contributed by atoms with Crippen LogP contribution >= 0.6 is 0 Å². The van der Waals surface area contributed by atoms with Crippen molar-refractivity contribution in [1.82, 2.24) is 9.55 Å². The molecule has 19 heavy (non-hydrogen) atoms. The Labute approximate surface area is 111 Å². The molecule has 0 aliphatic carbocycles. The Kier molecular flexibility index (Phi) is 2.63. The van der Waals surface area contributed by atoms with Gasteiger partial charge in [-0.15, -0.1) is 0 Å². The molecule has 4 heteroatoms. The highest BCUT2D eigenvalue weighted by Crippen LogP contribution is 2.26. The maximum atomic E-state index is 5.79. The number of hydrogen-bond donors (Lipinski definition) is 1. The predicted octanol–water partition coefficient (Wildman–Crippen LogP) is 2.83. The number of hydrogen-bond acceptors (Lipinski definition) is 3. The highest BCUT2D eigenvalue weighted by Gasteiger charge is 2.09. The van der Waals surface area contributed by atoms with E-state index in [2.05, 4.69) is 9.55 Å². The van der Waals surface area contributed by atoms with Crippen LogP contribution in [0.5, 0.6) is 5.75 Å². The number of aromatic nitrogens is 2. The molecule has 0 unspecified atom stereocenters. The standard InChI is InChI=1S/C15H15N3O/c1-18-14-8-5-11(16)9-13(14)17-15(18)10-3-6-12(19-2)7-4-10/h3-9H,16H2,1-2H3. The third kappa shape index (κ3) is 1.91. The quantitative estimate of drug-likeness (QED) is 0.714. The van der Waals surface area contributed by atoms with E-state index in [9.17, 15) is 0 Å². The van der Waals surface area contributed by atoms with Gasteiger partial charge in [0.05, 0.1) is 18.1 Å². The zero-order valence-corrected chi connectivity index (χ0v) is 10.9. The van der Waals surface area contributed by atoms with Crippen LogP contribution in [0.4, 0.5) is 5.69 Å². The van der Waals surface area contributed by atoms with Crippen LogP contribution in [0.3, 0.4) is 0 Å². The SMILES string of the molecule is COc1ccc(-c2nc3cc(N)ccc3n2C)cc1. The zero-order valence-electron chi connectivity index (χ0n) is 10.9. The van der Waals surface area contributed by atoms with Gasteiger partial charge in [0, 0.05) is 18.3 Å². The number of rotatable bonds is 2. The van der Waals surface area contributed by atoms with Crippen molar-refractivity contribution in [3.63, 3.8) is 0 Å². The first kappa shape index (κ1) is 11.6. The first-order valence-corrected chi connectivity index (χ1v) is 6.05. The fraction of sp³-hybridized carbons (Fsp3) is 0.133. The number of nitrogens with two attached hydrogens (primary N) is 1. The number of benzene rings is 2. The van der Waals surface area contributed by atoms with Gasteiger partial charge in [0.1, 0.15) is 11.6 Å². The van der Waals surface area contributed by atoms with Gasteiger partial charge in [0.15, 0.2) is 0 Å². The fourth-order valence-corrected chi connectivity index (χ4v) is 2.22. The molecule has 0 spiro atoms. The number of nitrogens with zero attached hydrogens (tertiary/aromatic N) is 2. The second-order valence-electron chi connectivity index (χ2n) is 4.47. The monoisotopic (exact) mass is 253 g/mol. The van der Waals surface area contributed by atoms with Crippen molar-refractivity contribution in [2.75, 3.05) is 12.8 Å². The molecule has 3 aromatic rings. The summed E-state index contributed by atoms with van der Waals surface area (Å²) in [6.45, 7) is 0. The number of anilines is 1.